The first kappa shape index (κ1) is 15.1. The second-order valence-electron chi connectivity index (χ2n) is 5.10. The van der Waals surface area contributed by atoms with E-state index in [9.17, 15) is 4.79 Å². The van der Waals surface area contributed by atoms with Gasteiger partial charge in [0.15, 0.2) is 0 Å². The van der Waals surface area contributed by atoms with E-state index in [1.165, 1.54) is 0 Å². The van der Waals surface area contributed by atoms with Crippen LogP contribution in [0.1, 0.15) is 18.4 Å². The van der Waals surface area contributed by atoms with Crippen molar-refractivity contribution in [2.75, 3.05) is 27.2 Å². The third-order valence-electron chi connectivity index (χ3n) is 3.77. The molecule has 1 saturated heterocycles. The Hall–Kier alpha value is -1.26. The number of amides is 1. The molecule has 0 radical (unpaired) electrons. The van der Waals surface area contributed by atoms with Crippen molar-refractivity contribution in [3.05, 3.63) is 28.8 Å². The third kappa shape index (κ3) is 3.64. The van der Waals surface area contributed by atoms with Gasteiger partial charge in [0.25, 0.3) is 0 Å². The maximum atomic E-state index is 12.4. The molecule has 1 heterocycles. The number of rotatable bonds is 4. The summed E-state index contributed by atoms with van der Waals surface area (Å²) in [5, 5.41) is 3.87. The van der Waals surface area contributed by atoms with Crippen LogP contribution in [0, 0.1) is 0 Å². The van der Waals surface area contributed by atoms with Crippen LogP contribution < -0.4 is 10.1 Å². The lowest BCUT2D eigenvalue weighted by Gasteiger charge is -2.32. The molecule has 0 bridgehead atoms. The van der Waals surface area contributed by atoms with E-state index in [4.69, 9.17) is 16.3 Å². The molecule has 0 aliphatic carbocycles. The van der Waals surface area contributed by atoms with E-state index in [1.54, 1.807) is 25.3 Å². The lowest BCUT2D eigenvalue weighted by atomic mass is 10.0. The molecule has 1 N–H and O–H groups in total. The summed E-state index contributed by atoms with van der Waals surface area (Å²) in [4.78, 5) is 14.3. The van der Waals surface area contributed by atoms with Gasteiger partial charge in [-0.3, -0.25) is 4.79 Å². The van der Waals surface area contributed by atoms with E-state index >= 15 is 0 Å². The first-order chi connectivity index (χ1) is 9.63. The highest BCUT2D eigenvalue weighted by atomic mass is 35.5. The van der Waals surface area contributed by atoms with E-state index in [0.29, 0.717) is 23.2 Å². The number of nitrogens with one attached hydrogen (secondary N) is 1. The molecular weight excluding hydrogens is 276 g/mol. The number of hydrogen-bond donors (Lipinski definition) is 1. The standard InChI is InChI=1S/C15H21ClN2O2/c1-17-13-4-3-7-18(10-13)15(19)9-11-8-12(16)5-6-14(11)20-2/h5-6,8,13,17H,3-4,7,9-10H2,1-2H3/t13-/m0/s1. The minimum absolute atomic E-state index is 0.130. The van der Waals surface area contributed by atoms with E-state index in [1.807, 2.05) is 11.9 Å². The number of benzene rings is 1. The van der Waals surface area contributed by atoms with Gasteiger partial charge in [0.1, 0.15) is 5.75 Å². The van der Waals surface area contributed by atoms with Gasteiger partial charge in [0.05, 0.1) is 13.5 Å². The second-order valence-corrected chi connectivity index (χ2v) is 5.54. The molecule has 1 atom stereocenters. The smallest absolute Gasteiger partial charge is 0.227 e. The summed E-state index contributed by atoms with van der Waals surface area (Å²) in [6, 6.07) is 5.77. The van der Waals surface area contributed by atoms with Gasteiger partial charge in [-0.1, -0.05) is 11.6 Å². The van der Waals surface area contributed by atoms with Gasteiger partial charge in [0, 0.05) is 29.7 Å². The summed E-state index contributed by atoms with van der Waals surface area (Å²) < 4.78 is 5.29. The van der Waals surface area contributed by atoms with Crippen molar-refractivity contribution in [2.45, 2.75) is 25.3 Å². The second kappa shape index (κ2) is 6.95. The zero-order valence-electron chi connectivity index (χ0n) is 12.0. The Morgan fingerprint density at radius 2 is 2.35 bits per heavy atom. The van der Waals surface area contributed by atoms with Gasteiger partial charge in [-0.25, -0.2) is 0 Å². The summed E-state index contributed by atoms with van der Waals surface area (Å²) in [5.41, 5.74) is 0.844. The number of carbonyl (C=O) groups is 1. The van der Waals surface area contributed by atoms with Crippen molar-refractivity contribution >= 4 is 17.5 Å². The molecule has 1 aromatic carbocycles. The molecule has 110 valence electrons. The summed E-state index contributed by atoms with van der Waals surface area (Å²) in [6.07, 6.45) is 2.50. The molecule has 0 saturated carbocycles. The molecule has 1 aliphatic rings. The van der Waals surface area contributed by atoms with Crippen LogP contribution in [0.3, 0.4) is 0 Å². The number of piperidine rings is 1. The van der Waals surface area contributed by atoms with Crippen molar-refractivity contribution in [2.24, 2.45) is 0 Å². The third-order valence-corrected chi connectivity index (χ3v) is 4.00. The number of hydrogen-bond acceptors (Lipinski definition) is 3. The molecule has 20 heavy (non-hydrogen) atoms. The van der Waals surface area contributed by atoms with Gasteiger partial charge in [0.2, 0.25) is 5.91 Å². The first-order valence-electron chi connectivity index (χ1n) is 6.91. The molecule has 5 heteroatoms. The zero-order valence-corrected chi connectivity index (χ0v) is 12.7. The van der Waals surface area contributed by atoms with Crippen molar-refractivity contribution in [1.29, 1.82) is 0 Å². The summed E-state index contributed by atoms with van der Waals surface area (Å²) >= 11 is 6.00. The molecule has 0 aromatic heterocycles. The van der Waals surface area contributed by atoms with Crippen LogP contribution >= 0.6 is 11.6 Å². The number of likely N-dealkylation sites (tertiary alicyclic amines) is 1. The van der Waals surface area contributed by atoms with Crippen LogP contribution in [0.15, 0.2) is 18.2 Å². The number of methoxy groups -OCH3 is 1. The predicted octanol–water partition coefficient (Wildman–Crippen LogP) is 2.10. The molecular formula is C15H21ClN2O2. The molecule has 1 amide bonds. The zero-order chi connectivity index (χ0) is 14.5. The number of halogens is 1. The van der Waals surface area contributed by atoms with Gasteiger partial charge in [-0.2, -0.15) is 0 Å². The largest absolute Gasteiger partial charge is 0.496 e. The highest BCUT2D eigenvalue weighted by Crippen LogP contribution is 2.24. The normalized spacial score (nSPS) is 18.9. The number of carbonyl (C=O) groups excluding carboxylic acids is 1. The minimum atomic E-state index is 0.130. The van der Waals surface area contributed by atoms with Gasteiger partial charge >= 0.3 is 0 Å². The minimum Gasteiger partial charge on any atom is -0.496 e. The topological polar surface area (TPSA) is 41.6 Å². The molecule has 1 fully saturated rings. The molecule has 2 rings (SSSR count). The molecule has 0 spiro atoms. The average Bonchev–Trinajstić information content (AvgIpc) is 2.47. The highest BCUT2D eigenvalue weighted by molar-refractivity contribution is 6.30. The van der Waals surface area contributed by atoms with Crippen LogP contribution in [0.5, 0.6) is 5.75 Å². The predicted molar refractivity (Wildman–Crippen MR) is 80.4 cm³/mol. The molecule has 4 nitrogen and oxygen atoms in total. The fraction of sp³-hybridized carbons (Fsp3) is 0.533. The summed E-state index contributed by atoms with van der Waals surface area (Å²) in [6.45, 7) is 1.61. The van der Waals surface area contributed by atoms with E-state index in [-0.39, 0.29) is 5.91 Å². The lowest BCUT2D eigenvalue weighted by molar-refractivity contribution is -0.131. The maximum Gasteiger partial charge on any atom is 0.227 e. The summed E-state index contributed by atoms with van der Waals surface area (Å²) in [7, 11) is 3.55. The molecule has 0 unspecified atom stereocenters. The molecule has 1 aliphatic heterocycles. The van der Waals surface area contributed by atoms with Crippen molar-refractivity contribution in [3.63, 3.8) is 0 Å². The van der Waals surface area contributed by atoms with Crippen LogP contribution in [0.4, 0.5) is 0 Å². The Bertz CT molecular complexity index is 479. The van der Waals surface area contributed by atoms with Crippen LogP contribution in [0.2, 0.25) is 5.02 Å². The number of nitrogens with zero attached hydrogens (tertiary/aromatic N) is 1. The Morgan fingerprint density at radius 3 is 3.05 bits per heavy atom. The SMILES string of the molecule is CN[C@H]1CCCN(C(=O)Cc2cc(Cl)ccc2OC)C1. The summed E-state index contributed by atoms with van der Waals surface area (Å²) in [5.74, 6) is 0.843. The highest BCUT2D eigenvalue weighted by Gasteiger charge is 2.23. The lowest BCUT2D eigenvalue weighted by Crippen LogP contribution is -2.47. The Labute approximate surface area is 125 Å². The van der Waals surface area contributed by atoms with Gasteiger partial charge < -0.3 is 15.0 Å². The number of likely N-dealkylation sites (N-methyl/N-ethyl adjacent to an activating group) is 1. The van der Waals surface area contributed by atoms with Crippen LogP contribution in [-0.4, -0.2) is 44.1 Å². The van der Waals surface area contributed by atoms with E-state index in [2.05, 4.69) is 5.32 Å². The Kier molecular flexibility index (Phi) is 5.26. The molecule has 1 aromatic rings. The van der Waals surface area contributed by atoms with Gasteiger partial charge in [-0.05, 0) is 38.1 Å². The van der Waals surface area contributed by atoms with E-state index in [0.717, 1.165) is 31.5 Å². The number of ether oxygens (including phenoxy) is 1. The first-order valence-corrected chi connectivity index (χ1v) is 7.29. The van der Waals surface area contributed by atoms with Crippen molar-refractivity contribution in [3.8, 4) is 5.75 Å². The van der Waals surface area contributed by atoms with Gasteiger partial charge in [-0.15, -0.1) is 0 Å². The Balaban J connectivity index is 2.05. The fourth-order valence-electron chi connectivity index (χ4n) is 2.60. The maximum absolute atomic E-state index is 12.4. The monoisotopic (exact) mass is 296 g/mol. The Morgan fingerprint density at radius 1 is 1.55 bits per heavy atom. The fourth-order valence-corrected chi connectivity index (χ4v) is 2.79. The van der Waals surface area contributed by atoms with Crippen LogP contribution in [-0.2, 0) is 11.2 Å². The average molecular weight is 297 g/mol. The van der Waals surface area contributed by atoms with Crippen LogP contribution in [0.25, 0.3) is 0 Å². The van der Waals surface area contributed by atoms with E-state index < -0.39 is 0 Å². The van der Waals surface area contributed by atoms with Crippen molar-refractivity contribution < 1.29 is 9.53 Å². The quantitative estimate of drug-likeness (QED) is 0.925. The van der Waals surface area contributed by atoms with Crippen molar-refractivity contribution in [1.82, 2.24) is 10.2 Å².